The average Bonchev–Trinajstić information content (AvgIpc) is 2.78. The second kappa shape index (κ2) is 5.93. The number of nitrogens with one attached hydrogen (secondary N) is 1. The molecule has 0 bridgehead atoms. The van der Waals surface area contributed by atoms with Gasteiger partial charge in [-0.3, -0.25) is 0 Å². The Morgan fingerprint density at radius 3 is 3.00 bits per heavy atom. The first-order valence-electron chi connectivity index (χ1n) is 6.16. The Labute approximate surface area is 102 Å². The average molecular weight is 236 g/mol. The molecule has 0 atom stereocenters. The first-order chi connectivity index (χ1) is 8.35. The van der Waals surface area contributed by atoms with Gasteiger partial charge in [0.1, 0.15) is 12.4 Å². The lowest BCUT2D eigenvalue weighted by Crippen LogP contribution is -2.13. The maximum absolute atomic E-state index is 5.49. The number of fused-ring (bicyclic) bond motifs is 1. The van der Waals surface area contributed by atoms with Crippen molar-refractivity contribution >= 4 is 5.82 Å². The molecular weight excluding hydrogens is 216 g/mol. The second-order valence-electron chi connectivity index (χ2n) is 4.27. The summed E-state index contributed by atoms with van der Waals surface area (Å²) in [6, 6.07) is 0. The van der Waals surface area contributed by atoms with Gasteiger partial charge in [-0.2, -0.15) is 0 Å². The first kappa shape index (κ1) is 12.3. The lowest BCUT2D eigenvalue weighted by molar-refractivity contribution is 0.177. The highest BCUT2D eigenvalue weighted by molar-refractivity contribution is 5.48. The van der Waals surface area contributed by atoms with Gasteiger partial charge >= 0.3 is 0 Å². The van der Waals surface area contributed by atoms with Crippen molar-refractivity contribution in [3.8, 4) is 0 Å². The Morgan fingerprint density at radius 1 is 1.35 bits per heavy atom. The van der Waals surface area contributed by atoms with Crippen LogP contribution in [0.3, 0.4) is 0 Å². The van der Waals surface area contributed by atoms with E-state index in [1.165, 1.54) is 17.7 Å². The summed E-state index contributed by atoms with van der Waals surface area (Å²) in [5.74, 6) is 1.75. The molecule has 2 rings (SSSR count). The van der Waals surface area contributed by atoms with Gasteiger partial charge in [-0.05, 0) is 32.2 Å². The van der Waals surface area contributed by atoms with Gasteiger partial charge in [0, 0.05) is 24.9 Å². The zero-order chi connectivity index (χ0) is 12.1. The summed E-state index contributed by atoms with van der Waals surface area (Å²) in [7, 11) is 1.66. The highest BCUT2D eigenvalue weighted by atomic mass is 16.5. The Morgan fingerprint density at radius 2 is 2.24 bits per heavy atom. The summed E-state index contributed by atoms with van der Waals surface area (Å²) >= 11 is 0. The molecule has 1 aromatic rings. The summed E-state index contributed by atoms with van der Waals surface area (Å²) < 4.78 is 5.10. The van der Waals surface area contributed by atoms with Crippen molar-refractivity contribution in [3.63, 3.8) is 0 Å². The van der Waals surface area contributed by atoms with Gasteiger partial charge in [0.05, 0.1) is 0 Å². The third kappa shape index (κ3) is 2.92. The van der Waals surface area contributed by atoms with Crippen LogP contribution in [0.2, 0.25) is 0 Å². The molecule has 0 spiro atoms. The van der Waals surface area contributed by atoms with Crippen LogP contribution >= 0.6 is 0 Å². The molecule has 0 saturated heterocycles. The number of methoxy groups -OCH3 is 1. The van der Waals surface area contributed by atoms with E-state index >= 15 is 0 Å². The van der Waals surface area contributed by atoms with Gasteiger partial charge in [-0.1, -0.05) is 0 Å². The minimum absolute atomic E-state index is 0.471. The molecule has 17 heavy (non-hydrogen) atoms. The van der Waals surface area contributed by atoms with E-state index in [4.69, 9.17) is 10.5 Å². The van der Waals surface area contributed by atoms with E-state index in [-0.39, 0.29) is 0 Å². The molecule has 0 fully saturated rings. The molecule has 94 valence electrons. The Hall–Kier alpha value is -1.20. The van der Waals surface area contributed by atoms with Gasteiger partial charge in [-0.15, -0.1) is 0 Å². The quantitative estimate of drug-likeness (QED) is 0.717. The predicted octanol–water partition coefficient (Wildman–Crippen LogP) is 0.872. The fourth-order valence-corrected chi connectivity index (χ4v) is 2.13. The third-order valence-electron chi connectivity index (χ3n) is 2.93. The van der Waals surface area contributed by atoms with E-state index in [1.807, 2.05) is 0 Å². The topological polar surface area (TPSA) is 73.1 Å². The molecule has 0 unspecified atom stereocenters. The fourth-order valence-electron chi connectivity index (χ4n) is 2.13. The van der Waals surface area contributed by atoms with Gasteiger partial charge in [0.15, 0.2) is 5.82 Å². The normalized spacial score (nSPS) is 13.8. The van der Waals surface area contributed by atoms with E-state index in [0.717, 1.165) is 37.4 Å². The number of rotatable bonds is 6. The van der Waals surface area contributed by atoms with Crippen LogP contribution in [0, 0.1) is 0 Å². The lowest BCUT2D eigenvalue weighted by Gasteiger charge is -2.11. The molecule has 0 amide bonds. The molecule has 3 N–H and O–H groups in total. The van der Waals surface area contributed by atoms with Crippen molar-refractivity contribution in [3.05, 3.63) is 17.1 Å². The largest absolute Gasteiger partial charge is 0.377 e. The van der Waals surface area contributed by atoms with Gasteiger partial charge < -0.3 is 15.8 Å². The third-order valence-corrected chi connectivity index (χ3v) is 2.93. The van der Waals surface area contributed by atoms with E-state index in [9.17, 15) is 0 Å². The molecule has 1 aliphatic carbocycles. The molecule has 5 nitrogen and oxygen atoms in total. The molecule has 1 heterocycles. The van der Waals surface area contributed by atoms with Crippen LogP contribution in [0.1, 0.15) is 29.9 Å². The summed E-state index contributed by atoms with van der Waals surface area (Å²) in [6.45, 7) is 2.04. The van der Waals surface area contributed by atoms with Crippen molar-refractivity contribution in [2.75, 3.05) is 25.5 Å². The van der Waals surface area contributed by atoms with Crippen LogP contribution in [0.4, 0.5) is 5.82 Å². The standard InChI is InChI=1S/C12H20N4O/c1-17-8-11-15-10-5-2-4-9(10)12(16-11)14-7-3-6-13/h2-8,13H2,1H3,(H,14,15,16). The fraction of sp³-hybridized carbons (Fsp3) is 0.667. The van der Waals surface area contributed by atoms with Crippen LogP contribution in [0.15, 0.2) is 0 Å². The number of nitrogens with two attached hydrogens (primary N) is 1. The van der Waals surface area contributed by atoms with Crippen molar-refractivity contribution < 1.29 is 4.74 Å². The number of aromatic nitrogens is 2. The number of nitrogens with zero attached hydrogens (tertiary/aromatic N) is 2. The number of anilines is 1. The maximum atomic E-state index is 5.49. The van der Waals surface area contributed by atoms with Crippen LogP contribution in [0.5, 0.6) is 0 Å². The Kier molecular flexibility index (Phi) is 4.28. The maximum Gasteiger partial charge on any atom is 0.156 e. The molecule has 0 radical (unpaired) electrons. The molecule has 1 aliphatic rings. The minimum Gasteiger partial charge on any atom is -0.377 e. The lowest BCUT2D eigenvalue weighted by atomic mass is 10.2. The highest BCUT2D eigenvalue weighted by Crippen LogP contribution is 2.26. The first-order valence-corrected chi connectivity index (χ1v) is 6.16. The second-order valence-corrected chi connectivity index (χ2v) is 4.27. The number of hydrogen-bond acceptors (Lipinski definition) is 5. The summed E-state index contributed by atoms with van der Waals surface area (Å²) in [6.07, 6.45) is 4.26. The monoisotopic (exact) mass is 236 g/mol. The summed E-state index contributed by atoms with van der Waals surface area (Å²) in [5, 5.41) is 3.36. The molecule has 1 aromatic heterocycles. The van der Waals surface area contributed by atoms with Crippen molar-refractivity contribution in [1.82, 2.24) is 9.97 Å². The van der Waals surface area contributed by atoms with E-state index in [0.29, 0.717) is 13.2 Å². The highest BCUT2D eigenvalue weighted by Gasteiger charge is 2.18. The SMILES string of the molecule is COCc1nc2c(c(NCCCN)n1)CCC2. The van der Waals surface area contributed by atoms with Crippen LogP contribution in [-0.4, -0.2) is 30.2 Å². The van der Waals surface area contributed by atoms with Crippen molar-refractivity contribution in [2.24, 2.45) is 5.73 Å². The van der Waals surface area contributed by atoms with Crippen molar-refractivity contribution in [2.45, 2.75) is 32.3 Å². The zero-order valence-electron chi connectivity index (χ0n) is 10.3. The molecule has 5 heteroatoms. The zero-order valence-corrected chi connectivity index (χ0v) is 10.3. The van der Waals surface area contributed by atoms with Crippen LogP contribution in [-0.2, 0) is 24.2 Å². The predicted molar refractivity (Wildman–Crippen MR) is 66.9 cm³/mol. The van der Waals surface area contributed by atoms with E-state index < -0.39 is 0 Å². The molecular formula is C12H20N4O. The smallest absolute Gasteiger partial charge is 0.156 e. The van der Waals surface area contributed by atoms with Crippen LogP contribution < -0.4 is 11.1 Å². The number of hydrogen-bond donors (Lipinski definition) is 2. The molecule has 0 saturated carbocycles. The Balaban J connectivity index is 2.16. The molecule has 0 aliphatic heterocycles. The van der Waals surface area contributed by atoms with E-state index in [1.54, 1.807) is 7.11 Å². The van der Waals surface area contributed by atoms with Crippen molar-refractivity contribution in [1.29, 1.82) is 0 Å². The Bertz CT molecular complexity index is 381. The van der Waals surface area contributed by atoms with Gasteiger partial charge in [0.2, 0.25) is 0 Å². The van der Waals surface area contributed by atoms with Gasteiger partial charge in [0.25, 0.3) is 0 Å². The van der Waals surface area contributed by atoms with E-state index in [2.05, 4.69) is 15.3 Å². The summed E-state index contributed by atoms with van der Waals surface area (Å²) in [5.41, 5.74) is 7.95. The van der Waals surface area contributed by atoms with Crippen LogP contribution in [0.25, 0.3) is 0 Å². The number of ether oxygens (including phenoxy) is 1. The van der Waals surface area contributed by atoms with Gasteiger partial charge in [-0.25, -0.2) is 9.97 Å². The number of aryl methyl sites for hydroxylation is 1. The minimum atomic E-state index is 0.471. The molecule has 0 aromatic carbocycles. The summed E-state index contributed by atoms with van der Waals surface area (Å²) in [4.78, 5) is 9.05.